The summed E-state index contributed by atoms with van der Waals surface area (Å²) in [5, 5.41) is 3.82. The third-order valence-corrected chi connectivity index (χ3v) is 5.37. The topological polar surface area (TPSA) is 38.3 Å². The van der Waals surface area contributed by atoms with Crippen molar-refractivity contribution >= 4 is 17.5 Å². The molecule has 1 spiro atoms. The average molecular weight is 342 g/mol. The predicted octanol–water partition coefficient (Wildman–Crippen LogP) is 4.45. The zero-order valence-corrected chi connectivity index (χ0v) is 14.2. The van der Waals surface area contributed by atoms with Gasteiger partial charge >= 0.3 is 0 Å². The van der Waals surface area contributed by atoms with Gasteiger partial charge in [-0.2, -0.15) is 0 Å². The summed E-state index contributed by atoms with van der Waals surface area (Å²) in [5.74, 6) is 0.781. The first-order valence-corrected chi connectivity index (χ1v) is 8.84. The van der Waals surface area contributed by atoms with Crippen molar-refractivity contribution in [3.05, 3.63) is 64.7 Å². The van der Waals surface area contributed by atoms with Crippen LogP contribution in [0.4, 0.5) is 0 Å². The largest absolute Gasteiger partial charge is 0.485 e. The van der Waals surface area contributed by atoms with Crippen molar-refractivity contribution in [3.8, 4) is 5.75 Å². The average Bonchev–Trinajstić information content (AvgIpc) is 2.55. The van der Waals surface area contributed by atoms with E-state index in [0.717, 1.165) is 36.1 Å². The molecule has 24 heavy (non-hydrogen) atoms. The second kappa shape index (κ2) is 6.14. The number of halogens is 1. The van der Waals surface area contributed by atoms with Crippen molar-refractivity contribution in [3.63, 3.8) is 0 Å². The predicted molar refractivity (Wildman–Crippen MR) is 94.3 cm³/mol. The van der Waals surface area contributed by atoms with Gasteiger partial charge in [-0.25, -0.2) is 0 Å². The fraction of sp³-hybridized carbons (Fsp3) is 0.350. The monoisotopic (exact) mass is 341 g/mol. The van der Waals surface area contributed by atoms with E-state index >= 15 is 0 Å². The molecule has 4 heteroatoms. The molecule has 1 unspecified atom stereocenters. The van der Waals surface area contributed by atoms with Crippen molar-refractivity contribution < 1.29 is 9.53 Å². The Balaban J connectivity index is 1.56. The second-order valence-corrected chi connectivity index (χ2v) is 7.19. The van der Waals surface area contributed by atoms with Crippen LogP contribution in [0, 0.1) is 0 Å². The minimum absolute atomic E-state index is 0.0356. The molecule has 4 rings (SSSR count). The molecule has 1 atom stereocenters. The Kier molecular flexibility index (Phi) is 3.97. The molecule has 1 aliphatic carbocycles. The number of para-hydroxylation sites is 1. The van der Waals surface area contributed by atoms with Crippen LogP contribution in [-0.4, -0.2) is 11.5 Å². The zero-order chi connectivity index (χ0) is 16.6. The molecule has 2 aromatic carbocycles. The summed E-state index contributed by atoms with van der Waals surface area (Å²) in [6.07, 6.45) is 4.44. The number of amides is 1. The standard InChI is InChI=1S/C20H20ClNO2/c21-16-9-4-8-15-17(13-20(10-5-11-20)24-19(15)16)22-18(23)12-14-6-2-1-3-7-14/h1-4,6-9,17H,5,10-13H2,(H,22,23). The lowest BCUT2D eigenvalue weighted by molar-refractivity contribution is -0.122. The van der Waals surface area contributed by atoms with Gasteiger partial charge in [-0.05, 0) is 30.9 Å². The smallest absolute Gasteiger partial charge is 0.224 e. The molecule has 1 amide bonds. The number of ether oxygens (including phenoxy) is 1. The lowest BCUT2D eigenvalue weighted by Gasteiger charge is -2.48. The molecule has 0 bridgehead atoms. The number of fused-ring (bicyclic) bond motifs is 1. The molecule has 2 aliphatic rings. The highest BCUT2D eigenvalue weighted by atomic mass is 35.5. The first kappa shape index (κ1) is 15.5. The Morgan fingerprint density at radius 3 is 2.67 bits per heavy atom. The number of carbonyl (C=O) groups excluding carboxylic acids is 1. The van der Waals surface area contributed by atoms with Crippen LogP contribution in [0.1, 0.15) is 42.9 Å². The van der Waals surface area contributed by atoms with Crippen LogP contribution >= 0.6 is 11.6 Å². The molecule has 124 valence electrons. The first-order chi connectivity index (χ1) is 11.7. The lowest BCUT2D eigenvalue weighted by Crippen LogP contribution is -2.50. The van der Waals surface area contributed by atoms with Gasteiger partial charge in [0.05, 0.1) is 17.5 Å². The van der Waals surface area contributed by atoms with Gasteiger partial charge in [-0.1, -0.05) is 54.1 Å². The van der Waals surface area contributed by atoms with Gasteiger partial charge in [0.1, 0.15) is 11.4 Å². The minimum atomic E-state index is -0.150. The van der Waals surface area contributed by atoms with E-state index in [4.69, 9.17) is 16.3 Å². The van der Waals surface area contributed by atoms with E-state index in [-0.39, 0.29) is 17.6 Å². The molecule has 0 radical (unpaired) electrons. The fourth-order valence-electron chi connectivity index (χ4n) is 3.68. The van der Waals surface area contributed by atoms with Crippen molar-refractivity contribution in [2.24, 2.45) is 0 Å². The molecule has 1 heterocycles. The van der Waals surface area contributed by atoms with E-state index in [9.17, 15) is 4.79 Å². The van der Waals surface area contributed by atoms with Gasteiger partial charge in [-0.15, -0.1) is 0 Å². The van der Waals surface area contributed by atoms with E-state index in [2.05, 4.69) is 5.32 Å². The Hall–Kier alpha value is -2.00. The zero-order valence-electron chi connectivity index (χ0n) is 13.4. The van der Waals surface area contributed by atoms with Crippen LogP contribution in [-0.2, 0) is 11.2 Å². The summed E-state index contributed by atoms with van der Waals surface area (Å²) in [6.45, 7) is 0. The Morgan fingerprint density at radius 2 is 1.96 bits per heavy atom. The third-order valence-electron chi connectivity index (χ3n) is 5.08. The van der Waals surface area contributed by atoms with Gasteiger partial charge in [-0.3, -0.25) is 4.79 Å². The molecule has 1 fully saturated rings. The van der Waals surface area contributed by atoms with Crippen LogP contribution in [0.15, 0.2) is 48.5 Å². The van der Waals surface area contributed by atoms with Crippen molar-refractivity contribution in [1.29, 1.82) is 0 Å². The lowest BCUT2D eigenvalue weighted by atomic mass is 9.73. The van der Waals surface area contributed by atoms with Crippen LogP contribution in [0.5, 0.6) is 5.75 Å². The number of hydrogen-bond acceptors (Lipinski definition) is 2. The highest BCUT2D eigenvalue weighted by Gasteiger charge is 2.46. The van der Waals surface area contributed by atoms with Gasteiger partial charge < -0.3 is 10.1 Å². The molecule has 1 saturated carbocycles. The number of rotatable bonds is 3. The first-order valence-electron chi connectivity index (χ1n) is 8.46. The summed E-state index contributed by atoms with van der Waals surface area (Å²) in [6, 6.07) is 15.5. The number of benzene rings is 2. The van der Waals surface area contributed by atoms with Crippen molar-refractivity contribution in [2.75, 3.05) is 0 Å². The Bertz CT molecular complexity index is 755. The quantitative estimate of drug-likeness (QED) is 0.896. The maximum Gasteiger partial charge on any atom is 0.224 e. The van der Waals surface area contributed by atoms with Gasteiger partial charge in [0.25, 0.3) is 0 Å². The molecule has 0 saturated heterocycles. The minimum Gasteiger partial charge on any atom is -0.485 e. The van der Waals surface area contributed by atoms with Crippen molar-refractivity contribution in [1.82, 2.24) is 5.32 Å². The van der Waals surface area contributed by atoms with E-state index in [1.165, 1.54) is 6.42 Å². The Morgan fingerprint density at radius 1 is 1.17 bits per heavy atom. The van der Waals surface area contributed by atoms with Crippen LogP contribution in [0.3, 0.4) is 0 Å². The summed E-state index contributed by atoms with van der Waals surface area (Å²) < 4.78 is 6.23. The van der Waals surface area contributed by atoms with E-state index in [1.807, 2.05) is 48.5 Å². The highest BCUT2D eigenvalue weighted by molar-refractivity contribution is 6.32. The molecule has 2 aromatic rings. The van der Waals surface area contributed by atoms with Gasteiger partial charge in [0, 0.05) is 12.0 Å². The summed E-state index contributed by atoms with van der Waals surface area (Å²) in [7, 11) is 0. The van der Waals surface area contributed by atoms with Gasteiger partial charge in [0.15, 0.2) is 0 Å². The summed E-state index contributed by atoms with van der Waals surface area (Å²) >= 11 is 6.34. The van der Waals surface area contributed by atoms with E-state index < -0.39 is 0 Å². The summed E-state index contributed by atoms with van der Waals surface area (Å²) in [4.78, 5) is 12.5. The fourth-order valence-corrected chi connectivity index (χ4v) is 3.90. The van der Waals surface area contributed by atoms with Crippen molar-refractivity contribution in [2.45, 2.75) is 43.7 Å². The highest BCUT2D eigenvalue weighted by Crippen LogP contribution is 2.50. The maximum absolute atomic E-state index is 12.5. The molecular weight excluding hydrogens is 322 g/mol. The maximum atomic E-state index is 12.5. The molecule has 0 aromatic heterocycles. The number of nitrogens with one attached hydrogen (secondary N) is 1. The number of carbonyl (C=O) groups is 1. The SMILES string of the molecule is O=C(Cc1ccccc1)NC1CC2(CCC2)Oc2c(Cl)cccc21. The molecular formula is C20H20ClNO2. The number of hydrogen-bond donors (Lipinski definition) is 1. The Labute approximate surface area is 147 Å². The second-order valence-electron chi connectivity index (χ2n) is 6.78. The van der Waals surface area contributed by atoms with Gasteiger partial charge in [0.2, 0.25) is 5.91 Å². The molecule has 1 aliphatic heterocycles. The van der Waals surface area contributed by atoms with Crippen LogP contribution < -0.4 is 10.1 Å². The molecule has 3 nitrogen and oxygen atoms in total. The summed E-state index contributed by atoms with van der Waals surface area (Å²) in [5.41, 5.74) is 1.86. The molecule has 1 N–H and O–H groups in total. The third kappa shape index (κ3) is 2.89. The van der Waals surface area contributed by atoms with Crippen LogP contribution in [0.25, 0.3) is 0 Å². The van der Waals surface area contributed by atoms with E-state index in [1.54, 1.807) is 0 Å². The normalized spacial score (nSPS) is 20.6. The van der Waals surface area contributed by atoms with Crippen LogP contribution in [0.2, 0.25) is 5.02 Å². The van der Waals surface area contributed by atoms with E-state index in [0.29, 0.717) is 11.4 Å².